The van der Waals surface area contributed by atoms with E-state index in [2.05, 4.69) is 10.3 Å². The van der Waals surface area contributed by atoms with Crippen molar-refractivity contribution in [3.05, 3.63) is 53.9 Å². The van der Waals surface area contributed by atoms with Gasteiger partial charge in [0.2, 0.25) is 5.75 Å². The van der Waals surface area contributed by atoms with Gasteiger partial charge < -0.3 is 29.0 Å². The maximum absolute atomic E-state index is 13.5. The first-order valence-electron chi connectivity index (χ1n) is 15.7. The number of unbranched alkanes of at least 4 members (excludes halogenated alkanes) is 1. The normalized spacial score (nSPS) is 20.7. The van der Waals surface area contributed by atoms with Gasteiger partial charge in [-0.15, -0.1) is 0 Å². The minimum Gasteiger partial charge on any atom is -0.493 e. The lowest BCUT2D eigenvalue weighted by atomic mass is 9.91. The molecule has 46 heavy (non-hydrogen) atoms. The second-order valence-corrected chi connectivity index (χ2v) is 11.5. The summed E-state index contributed by atoms with van der Waals surface area (Å²) in [6.07, 6.45) is 2.10. The Balaban J connectivity index is 1.88. The number of cyclic esters (lactones) is 2. The van der Waals surface area contributed by atoms with E-state index in [0.717, 1.165) is 18.4 Å². The van der Waals surface area contributed by atoms with Crippen LogP contribution in [0.25, 0.3) is 0 Å². The molecule has 0 spiro atoms. The lowest BCUT2D eigenvalue weighted by molar-refractivity contribution is -0.176. The first-order valence-corrected chi connectivity index (χ1v) is 15.7. The van der Waals surface area contributed by atoms with Crippen molar-refractivity contribution in [3.8, 4) is 11.5 Å². The molecule has 0 saturated carbocycles. The van der Waals surface area contributed by atoms with E-state index in [-0.39, 0.29) is 23.6 Å². The number of aromatic nitrogens is 1. The molecule has 2 heterocycles. The quantitative estimate of drug-likeness (QED) is 0.247. The predicted octanol–water partition coefficient (Wildman–Crippen LogP) is 4.23. The van der Waals surface area contributed by atoms with Gasteiger partial charge in [0.1, 0.15) is 18.6 Å². The van der Waals surface area contributed by atoms with E-state index in [4.69, 9.17) is 23.7 Å². The van der Waals surface area contributed by atoms with E-state index in [1.165, 1.54) is 26.3 Å². The fraction of sp³-hybridized carbons (Fsp3) is 0.529. The zero-order valence-corrected chi connectivity index (χ0v) is 27.3. The molecule has 2 aromatic rings. The molecular weight excluding hydrogens is 596 g/mol. The summed E-state index contributed by atoms with van der Waals surface area (Å²) in [6.45, 7) is 8.13. The van der Waals surface area contributed by atoms with E-state index in [1.807, 2.05) is 44.2 Å². The maximum atomic E-state index is 13.5. The van der Waals surface area contributed by atoms with E-state index < -0.39 is 72.4 Å². The molecule has 1 aromatic heterocycles. The van der Waals surface area contributed by atoms with Gasteiger partial charge in [-0.25, -0.2) is 9.78 Å². The molecule has 1 fully saturated rings. The van der Waals surface area contributed by atoms with Crippen LogP contribution in [0.5, 0.6) is 11.5 Å². The predicted molar refractivity (Wildman–Crippen MR) is 166 cm³/mol. The number of esters is 4. The summed E-state index contributed by atoms with van der Waals surface area (Å²) >= 11 is 0. The maximum Gasteiger partial charge on any atom is 0.332 e. The van der Waals surface area contributed by atoms with Gasteiger partial charge in [-0.2, -0.15) is 0 Å². The summed E-state index contributed by atoms with van der Waals surface area (Å²) in [6, 6.07) is 9.07. The third-order valence-corrected chi connectivity index (χ3v) is 7.71. The molecule has 0 bridgehead atoms. The lowest BCUT2D eigenvalue weighted by Crippen LogP contribution is -2.47. The van der Waals surface area contributed by atoms with Crippen LogP contribution in [0.4, 0.5) is 0 Å². The van der Waals surface area contributed by atoms with Crippen molar-refractivity contribution >= 4 is 29.8 Å². The van der Waals surface area contributed by atoms with Crippen molar-refractivity contribution in [2.45, 2.75) is 85.0 Å². The van der Waals surface area contributed by atoms with Crippen LogP contribution in [0.2, 0.25) is 0 Å². The molecule has 1 N–H and O–H groups in total. The van der Waals surface area contributed by atoms with Crippen molar-refractivity contribution < 1.29 is 47.7 Å². The Hall–Kier alpha value is -4.48. The fourth-order valence-corrected chi connectivity index (χ4v) is 4.95. The first-order chi connectivity index (χ1) is 22.0. The molecule has 250 valence electrons. The average molecular weight is 641 g/mol. The molecule has 2 unspecified atom stereocenters. The minimum atomic E-state index is -1.46. The Morgan fingerprint density at radius 2 is 1.76 bits per heavy atom. The fourth-order valence-electron chi connectivity index (χ4n) is 4.95. The zero-order valence-electron chi connectivity index (χ0n) is 27.3. The highest BCUT2D eigenvalue weighted by Gasteiger charge is 2.42. The number of amides is 1. The Kier molecular flexibility index (Phi) is 13.5. The second kappa shape index (κ2) is 17.3. The van der Waals surface area contributed by atoms with Gasteiger partial charge >= 0.3 is 23.9 Å². The van der Waals surface area contributed by atoms with E-state index in [9.17, 15) is 24.0 Å². The van der Waals surface area contributed by atoms with Crippen molar-refractivity contribution in [3.63, 3.8) is 0 Å². The van der Waals surface area contributed by atoms with Gasteiger partial charge in [-0.05, 0) is 31.7 Å². The highest BCUT2D eigenvalue weighted by molar-refractivity contribution is 5.99. The summed E-state index contributed by atoms with van der Waals surface area (Å²) in [5.74, 6) is -5.68. The van der Waals surface area contributed by atoms with Crippen LogP contribution >= 0.6 is 0 Å². The summed E-state index contributed by atoms with van der Waals surface area (Å²) < 4.78 is 27.9. The molecular formula is C34H44N2O10. The summed E-state index contributed by atoms with van der Waals surface area (Å²) in [4.78, 5) is 70.2. The van der Waals surface area contributed by atoms with Crippen LogP contribution in [0, 0.1) is 17.8 Å². The van der Waals surface area contributed by atoms with Crippen molar-refractivity contribution in [2.24, 2.45) is 17.8 Å². The van der Waals surface area contributed by atoms with Gasteiger partial charge in [0.25, 0.3) is 5.91 Å². The van der Waals surface area contributed by atoms with Crippen LogP contribution in [0.15, 0.2) is 42.6 Å². The largest absolute Gasteiger partial charge is 0.493 e. The van der Waals surface area contributed by atoms with Crippen LogP contribution in [-0.4, -0.2) is 66.7 Å². The number of hydrogen-bond acceptors (Lipinski definition) is 11. The molecule has 1 amide bonds. The lowest BCUT2D eigenvalue weighted by Gasteiger charge is -2.29. The molecule has 3 rings (SSSR count). The minimum absolute atomic E-state index is 0.0921. The molecule has 1 saturated heterocycles. The third kappa shape index (κ3) is 9.51. The molecule has 1 aromatic carbocycles. The first kappa shape index (κ1) is 36.0. The molecule has 1 aliphatic rings. The van der Waals surface area contributed by atoms with Gasteiger partial charge in [-0.3, -0.25) is 19.2 Å². The Morgan fingerprint density at radius 3 is 2.39 bits per heavy atom. The van der Waals surface area contributed by atoms with Crippen LogP contribution < -0.4 is 14.8 Å². The Labute approximate surface area is 269 Å². The van der Waals surface area contributed by atoms with Crippen molar-refractivity contribution in [1.29, 1.82) is 0 Å². The number of rotatable bonds is 13. The smallest absolute Gasteiger partial charge is 0.332 e. The molecule has 0 radical (unpaired) electrons. The number of ether oxygens (including phenoxy) is 5. The number of hydrogen-bond donors (Lipinski definition) is 1. The Bertz CT molecular complexity index is 1360. The topological polar surface area (TPSA) is 156 Å². The van der Waals surface area contributed by atoms with Crippen molar-refractivity contribution in [1.82, 2.24) is 10.3 Å². The summed E-state index contributed by atoms with van der Waals surface area (Å²) in [5, 5.41) is 2.49. The van der Waals surface area contributed by atoms with Crippen LogP contribution in [0.1, 0.15) is 76.4 Å². The second-order valence-electron chi connectivity index (χ2n) is 11.5. The van der Waals surface area contributed by atoms with Gasteiger partial charge in [0, 0.05) is 12.3 Å². The number of carbonyl (C=O) groups is 5. The highest BCUT2D eigenvalue weighted by atomic mass is 16.6. The Morgan fingerprint density at radius 1 is 1.04 bits per heavy atom. The average Bonchev–Trinajstić information content (AvgIpc) is 3.07. The van der Waals surface area contributed by atoms with E-state index >= 15 is 0 Å². The monoisotopic (exact) mass is 640 g/mol. The number of carbonyl (C=O) groups excluding carboxylic acids is 5. The highest BCUT2D eigenvalue weighted by Crippen LogP contribution is 2.31. The molecule has 5 atom stereocenters. The SMILES string of the molecule is CCCCC(CC)C(=O)Oc1c(OC)ccnc1C(=O)N[C@H]1COC(=O)[C@H](Cc2ccccc2)C(OC(=O)C(C)C)[C@H](C)OC1=O. The number of benzene rings is 1. The number of methoxy groups -OCH3 is 1. The van der Waals surface area contributed by atoms with Gasteiger partial charge in [0.05, 0.1) is 18.9 Å². The van der Waals surface area contributed by atoms with Crippen LogP contribution in [0.3, 0.4) is 0 Å². The summed E-state index contributed by atoms with van der Waals surface area (Å²) in [5.41, 5.74) is 0.472. The number of pyridine rings is 1. The van der Waals surface area contributed by atoms with Crippen LogP contribution in [-0.2, 0) is 39.8 Å². The van der Waals surface area contributed by atoms with Crippen molar-refractivity contribution in [2.75, 3.05) is 13.7 Å². The number of nitrogens with zero attached hydrogens (tertiary/aromatic N) is 1. The van der Waals surface area contributed by atoms with Gasteiger partial charge in [0.15, 0.2) is 23.6 Å². The standard InChI is InChI=1S/C34H44N2O10/c1-7-9-15-23(8-2)32(39)46-29-26(42-6)16-17-35-27(29)30(37)36-25-19-43-33(40)24(18-22-13-11-10-12-14-22)28(21(5)44-34(25)41)45-31(38)20(3)4/h10-14,16-17,20-21,23-25,28H,7-9,15,18-19H2,1-6H3,(H,36,37)/t21-,23?,24+,25-,28?/m0/s1. The summed E-state index contributed by atoms with van der Waals surface area (Å²) in [7, 11) is 1.35. The molecule has 12 heteroatoms. The third-order valence-electron chi connectivity index (χ3n) is 7.71. The zero-order chi connectivity index (χ0) is 33.8. The van der Waals surface area contributed by atoms with E-state index in [0.29, 0.717) is 12.8 Å². The number of nitrogens with one attached hydrogen (secondary N) is 1. The molecule has 1 aliphatic heterocycles. The molecule has 0 aliphatic carbocycles. The molecule has 12 nitrogen and oxygen atoms in total. The van der Waals surface area contributed by atoms with E-state index in [1.54, 1.807) is 13.8 Å². The van der Waals surface area contributed by atoms with Gasteiger partial charge in [-0.1, -0.05) is 70.9 Å².